The number of aliphatic hydroxyl groups excluding tert-OH is 1. The Kier molecular flexibility index (Phi) is 4.03. The number of hydrogen-bond acceptors (Lipinski definition) is 2. The molecule has 0 radical (unpaired) electrons. The smallest absolute Gasteiger partial charge is 0.0684 e. The lowest BCUT2D eigenvalue weighted by atomic mass is 10.3. The molecule has 0 aliphatic rings. The molecule has 0 fully saturated rings. The van der Waals surface area contributed by atoms with E-state index in [4.69, 9.17) is 16.7 Å². The summed E-state index contributed by atoms with van der Waals surface area (Å²) in [5.41, 5.74) is 0.897. The number of aliphatic hydroxyl groups is 1. The van der Waals surface area contributed by atoms with Crippen molar-refractivity contribution >= 4 is 33.2 Å². The highest BCUT2D eigenvalue weighted by atomic mass is 79.9. The van der Waals surface area contributed by atoms with Gasteiger partial charge in [-0.2, -0.15) is 0 Å². The summed E-state index contributed by atoms with van der Waals surface area (Å²) >= 11 is 9.19. The summed E-state index contributed by atoms with van der Waals surface area (Å²) in [5.74, 6) is 0. The van der Waals surface area contributed by atoms with Crippen LogP contribution in [0, 0.1) is 0 Å². The predicted molar refractivity (Wildman–Crippen MR) is 59.3 cm³/mol. The Hall–Kier alpha value is -0.250. The molecule has 0 aliphatic carbocycles. The fraction of sp³-hybridized carbons (Fsp3) is 0.333. The van der Waals surface area contributed by atoms with E-state index in [1.54, 1.807) is 13.0 Å². The third-order valence-electron chi connectivity index (χ3n) is 1.52. The van der Waals surface area contributed by atoms with Crippen LogP contribution in [0.15, 0.2) is 22.7 Å². The second-order valence-corrected chi connectivity index (χ2v) is 4.14. The van der Waals surface area contributed by atoms with Crippen molar-refractivity contribution in [1.29, 1.82) is 0 Å². The van der Waals surface area contributed by atoms with Crippen LogP contribution >= 0.6 is 27.5 Å². The minimum Gasteiger partial charge on any atom is -0.392 e. The van der Waals surface area contributed by atoms with E-state index in [0.717, 1.165) is 10.2 Å². The Morgan fingerprint density at radius 1 is 1.62 bits per heavy atom. The van der Waals surface area contributed by atoms with Gasteiger partial charge in [0.25, 0.3) is 0 Å². The first kappa shape index (κ1) is 10.8. The van der Waals surface area contributed by atoms with Crippen LogP contribution < -0.4 is 5.32 Å². The summed E-state index contributed by atoms with van der Waals surface area (Å²) in [5, 5.41) is 12.8. The average molecular weight is 265 g/mol. The van der Waals surface area contributed by atoms with Crippen LogP contribution in [0.3, 0.4) is 0 Å². The molecule has 1 unspecified atom stereocenters. The van der Waals surface area contributed by atoms with Crippen molar-refractivity contribution < 1.29 is 5.11 Å². The van der Waals surface area contributed by atoms with Gasteiger partial charge in [-0.3, -0.25) is 0 Å². The maximum Gasteiger partial charge on any atom is 0.0684 e. The fourth-order valence-corrected chi connectivity index (χ4v) is 1.45. The molecule has 1 rings (SSSR count). The van der Waals surface area contributed by atoms with Crippen LogP contribution in [0.4, 0.5) is 5.69 Å². The number of hydrogen-bond donors (Lipinski definition) is 2. The highest BCUT2D eigenvalue weighted by Gasteiger charge is 2.01. The number of halogens is 2. The van der Waals surface area contributed by atoms with E-state index in [-0.39, 0.29) is 6.10 Å². The molecule has 1 aromatic rings. The molecule has 0 bridgehead atoms. The minimum atomic E-state index is -0.370. The van der Waals surface area contributed by atoms with Gasteiger partial charge >= 0.3 is 0 Å². The van der Waals surface area contributed by atoms with Crippen molar-refractivity contribution in [2.24, 2.45) is 0 Å². The third kappa shape index (κ3) is 3.55. The van der Waals surface area contributed by atoms with E-state index in [9.17, 15) is 0 Å². The number of anilines is 1. The molecule has 13 heavy (non-hydrogen) atoms. The van der Waals surface area contributed by atoms with E-state index in [0.29, 0.717) is 11.6 Å². The topological polar surface area (TPSA) is 32.3 Å². The molecule has 0 aromatic heterocycles. The zero-order chi connectivity index (χ0) is 9.84. The van der Waals surface area contributed by atoms with Crippen LogP contribution in [0.1, 0.15) is 6.92 Å². The lowest BCUT2D eigenvalue weighted by Crippen LogP contribution is -2.15. The van der Waals surface area contributed by atoms with E-state index >= 15 is 0 Å². The molecule has 0 amide bonds. The number of benzene rings is 1. The van der Waals surface area contributed by atoms with Crippen molar-refractivity contribution in [3.8, 4) is 0 Å². The van der Waals surface area contributed by atoms with Gasteiger partial charge in [0.2, 0.25) is 0 Å². The van der Waals surface area contributed by atoms with Gasteiger partial charge in [0.05, 0.1) is 6.10 Å². The van der Waals surface area contributed by atoms with Gasteiger partial charge in [-0.05, 0) is 41.1 Å². The first-order chi connectivity index (χ1) is 6.09. The standard InChI is InChI=1S/C9H11BrClNO/c1-6(13)5-12-9-4-7(11)2-3-8(9)10/h2-4,6,12-13H,5H2,1H3. The minimum absolute atomic E-state index is 0.370. The second-order valence-electron chi connectivity index (χ2n) is 2.85. The Bertz CT molecular complexity index is 291. The second kappa shape index (κ2) is 4.84. The molecule has 0 saturated heterocycles. The summed E-state index contributed by atoms with van der Waals surface area (Å²) in [6.07, 6.45) is -0.370. The molecule has 0 aliphatic heterocycles. The molecule has 2 nitrogen and oxygen atoms in total. The van der Waals surface area contributed by atoms with Gasteiger partial charge in [0.1, 0.15) is 0 Å². The van der Waals surface area contributed by atoms with Crippen LogP contribution in [0.5, 0.6) is 0 Å². The SMILES string of the molecule is CC(O)CNc1cc(Cl)ccc1Br. The first-order valence-electron chi connectivity index (χ1n) is 3.96. The van der Waals surface area contributed by atoms with Crippen molar-refractivity contribution in [3.63, 3.8) is 0 Å². The van der Waals surface area contributed by atoms with Crippen LogP contribution in [0.25, 0.3) is 0 Å². The van der Waals surface area contributed by atoms with E-state index < -0.39 is 0 Å². The molecular weight excluding hydrogens is 253 g/mol. The van der Waals surface area contributed by atoms with Gasteiger partial charge in [0.15, 0.2) is 0 Å². The fourth-order valence-electron chi connectivity index (χ4n) is 0.891. The molecule has 1 aromatic carbocycles. The van der Waals surface area contributed by atoms with Crippen LogP contribution in [0.2, 0.25) is 5.02 Å². The lowest BCUT2D eigenvalue weighted by Gasteiger charge is -2.10. The lowest BCUT2D eigenvalue weighted by molar-refractivity contribution is 0.208. The molecule has 72 valence electrons. The molecule has 1 atom stereocenters. The average Bonchev–Trinajstić information content (AvgIpc) is 2.06. The Morgan fingerprint density at radius 3 is 2.92 bits per heavy atom. The van der Waals surface area contributed by atoms with Gasteiger partial charge in [-0.15, -0.1) is 0 Å². The number of nitrogens with one attached hydrogen (secondary N) is 1. The predicted octanol–water partition coefficient (Wildman–Crippen LogP) is 2.90. The molecule has 4 heteroatoms. The summed E-state index contributed by atoms with van der Waals surface area (Å²) in [6.45, 7) is 2.24. The summed E-state index contributed by atoms with van der Waals surface area (Å²) in [4.78, 5) is 0. The van der Waals surface area contributed by atoms with Gasteiger partial charge < -0.3 is 10.4 Å². The van der Waals surface area contributed by atoms with E-state index in [1.807, 2.05) is 12.1 Å². The van der Waals surface area contributed by atoms with Gasteiger partial charge in [-0.1, -0.05) is 11.6 Å². The summed E-state index contributed by atoms with van der Waals surface area (Å²) < 4.78 is 0.942. The monoisotopic (exact) mass is 263 g/mol. The van der Waals surface area contributed by atoms with E-state index in [2.05, 4.69) is 21.2 Å². The van der Waals surface area contributed by atoms with Crippen LogP contribution in [-0.2, 0) is 0 Å². The van der Waals surface area contributed by atoms with Gasteiger partial charge in [0, 0.05) is 21.7 Å². The molecule has 0 spiro atoms. The van der Waals surface area contributed by atoms with Crippen molar-refractivity contribution in [3.05, 3.63) is 27.7 Å². The maximum atomic E-state index is 9.06. The third-order valence-corrected chi connectivity index (χ3v) is 2.44. The Labute approximate surface area is 91.0 Å². The van der Waals surface area contributed by atoms with E-state index in [1.165, 1.54) is 0 Å². The summed E-state index contributed by atoms with van der Waals surface area (Å²) in [6, 6.07) is 5.49. The van der Waals surface area contributed by atoms with Crippen molar-refractivity contribution in [2.75, 3.05) is 11.9 Å². The molecule has 0 saturated carbocycles. The molecule has 0 heterocycles. The largest absolute Gasteiger partial charge is 0.392 e. The highest BCUT2D eigenvalue weighted by molar-refractivity contribution is 9.10. The normalized spacial score (nSPS) is 12.6. The summed E-state index contributed by atoms with van der Waals surface area (Å²) in [7, 11) is 0. The number of rotatable bonds is 3. The highest BCUT2D eigenvalue weighted by Crippen LogP contribution is 2.25. The Morgan fingerprint density at radius 2 is 2.31 bits per heavy atom. The zero-order valence-electron chi connectivity index (χ0n) is 7.22. The van der Waals surface area contributed by atoms with Crippen LogP contribution in [-0.4, -0.2) is 17.8 Å². The molecule has 2 N–H and O–H groups in total. The zero-order valence-corrected chi connectivity index (χ0v) is 9.56. The molecular formula is C9H11BrClNO. The maximum absolute atomic E-state index is 9.06. The van der Waals surface area contributed by atoms with Gasteiger partial charge in [-0.25, -0.2) is 0 Å². The Balaban J connectivity index is 2.70. The van der Waals surface area contributed by atoms with Crippen molar-refractivity contribution in [1.82, 2.24) is 0 Å². The quantitative estimate of drug-likeness (QED) is 0.880. The first-order valence-corrected chi connectivity index (χ1v) is 5.13. The van der Waals surface area contributed by atoms with Crippen molar-refractivity contribution in [2.45, 2.75) is 13.0 Å².